The number of hydrogen-bond donors (Lipinski definition) is 9. The van der Waals surface area contributed by atoms with Crippen molar-refractivity contribution in [1.29, 1.82) is 0 Å². The minimum atomic E-state index is -3.32. The summed E-state index contributed by atoms with van der Waals surface area (Å²) in [4.78, 5) is 116. The topological polar surface area (TPSA) is 410 Å². The third-order valence-corrected chi connectivity index (χ3v) is 25.0. The fourth-order valence-electron chi connectivity index (χ4n) is 15.5. The Labute approximate surface area is 815 Å². The summed E-state index contributed by atoms with van der Waals surface area (Å²) >= 11 is 5.80. The summed E-state index contributed by atoms with van der Waals surface area (Å²) in [6.07, 6.45) is 17.0. The van der Waals surface area contributed by atoms with E-state index in [1.54, 1.807) is 121 Å². The quantitative estimate of drug-likeness (QED) is 0.00799. The molecule has 3 saturated carbocycles. The third-order valence-electron chi connectivity index (χ3n) is 23.1. The number of hydrogen-bond acceptors (Lipinski definition) is 20. The molecule has 7 amide bonds. The van der Waals surface area contributed by atoms with Gasteiger partial charge >= 0.3 is 53.7 Å². The molecule has 4 aliphatic heterocycles. The zero-order valence-corrected chi connectivity index (χ0v) is 80.9. The van der Waals surface area contributed by atoms with Gasteiger partial charge in [0.05, 0.1) is 86.7 Å². The SMILES string of the molecule is CC(C)(C)OC(=O)N1CC(F)(F)C[C@@H]1C(=O)Nc1cc(C(CCC2CC2)(N[S@](=O)C(C)(C)C)c2ccncc2)ccc1F.CC(C)(C)OC(=O)N1CC(F)(F)C[C@@H]1C(=O)O.Cl.NC(CCC1CC1)(c1ccncc1)c1ccc(F)c(NC(=O)[C@H]2CC(F)(F)CN2)c1.NC(CCC1CC1)(c1ccncc1)c1ccc(F)c(NC(=O)[C@H]2CC(F)(F)CN2C(=O)Nc2ccc(Cl)cn2)c1.O=CO[O-].[Na+]. The van der Waals surface area contributed by atoms with Gasteiger partial charge < -0.3 is 57.0 Å². The first-order valence-electron chi connectivity index (χ1n) is 43.3. The summed E-state index contributed by atoms with van der Waals surface area (Å²) in [7, 11) is -1.55. The number of likely N-dealkylation sites (tertiary alicyclic amines) is 3. The second kappa shape index (κ2) is 46.3. The molecule has 4 saturated heterocycles. The van der Waals surface area contributed by atoms with E-state index in [4.69, 9.17) is 47.7 Å². The Hall–Kier alpha value is -9.82. The van der Waals surface area contributed by atoms with Crippen molar-refractivity contribution >= 4 is 106 Å². The van der Waals surface area contributed by atoms with E-state index < -0.39 is 203 Å². The monoisotopic (exact) mass is 1980 g/mol. The number of pyridine rings is 4. The number of nitrogens with two attached hydrogens (primary N) is 2. The first-order chi connectivity index (χ1) is 62.6. The van der Waals surface area contributed by atoms with Crippen LogP contribution in [0.4, 0.5) is 85.6 Å². The van der Waals surface area contributed by atoms with Crippen LogP contribution in [0.2, 0.25) is 5.02 Å². The molecule has 736 valence electrons. The molecule has 3 aliphatic carbocycles. The van der Waals surface area contributed by atoms with Crippen molar-refractivity contribution in [3.05, 3.63) is 202 Å². The van der Waals surface area contributed by atoms with Crippen molar-refractivity contribution in [2.24, 2.45) is 29.2 Å². The summed E-state index contributed by atoms with van der Waals surface area (Å²) < 4.78 is 182. The number of ether oxygens (including phenoxy) is 2. The molecule has 3 unspecified atom stereocenters. The predicted octanol–water partition coefficient (Wildman–Crippen LogP) is 13.0. The van der Waals surface area contributed by atoms with Crippen molar-refractivity contribution in [2.45, 2.75) is 245 Å². The number of urea groups is 1. The molecule has 29 nitrogen and oxygen atoms in total. The molecular weight excluding hydrogens is 1870 g/mol. The number of alkyl halides is 8. The number of benzene rings is 3. The van der Waals surface area contributed by atoms with Crippen LogP contribution < -0.4 is 77.6 Å². The number of aromatic nitrogens is 4. The summed E-state index contributed by atoms with van der Waals surface area (Å²) in [6.45, 7) is 11.4. The minimum Gasteiger partial charge on any atom is -0.662 e. The van der Waals surface area contributed by atoms with Gasteiger partial charge in [-0.3, -0.25) is 54.6 Å². The summed E-state index contributed by atoms with van der Waals surface area (Å²) in [6, 6.07) is 19.8. The summed E-state index contributed by atoms with van der Waals surface area (Å²) in [5.41, 5.74) is 12.7. The van der Waals surface area contributed by atoms with Crippen LogP contribution in [0.15, 0.2) is 147 Å². The first kappa shape index (κ1) is 111. The normalized spacial score (nSPS) is 20.4. The number of nitrogens with zero attached hydrogens (tertiary/aromatic N) is 7. The van der Waals surface area contributed by atoms with Crippen LogP contribution in [0, 0.1) is 35.2 Å². The van der Waals surface area contributed by atoms with Gasteiger partial charge in [-0.05, 0) is 237 Å². The molecule has 3 aromatic carbocycles. The standard InChI is InChI=1S/C31H41F3N4O4S.C28H28ClF3N6O2.C22H25F3N4O.C10H15F2NO4.CH2O3.ClH.Na/c1-28(2,3)42-27(40)38-19-30(33,34)18-25(38)26(39)36-24-17-22(9-10-23(24)32)31(14-11-20-7-8-20,21-12-15-35-16-13-21)37-43(41)29(4,5)6;29-20-4-6-24(35-15-20)37-26(40)38-16-27(31,32)14-23(38)25(39)36-22-13-19(3-5-21(22)30)28(33,10-7-17-1-2-17)18-8-11-34-12-9-18;23-17-4-3-16(11-18(17)29-20(30)19-12-21(24,25)13-28-19)22(26,8-5-14-1-2-14)15-6-9-27-10-7-15;1-9(2,3)17-8(16)13-5-10(11,12)4-6(13)7(14)15;2-1-4-3;;/h9-10,12-13,15-17,20,25,37H,7-8,11,14,18-19H2,1-6H3,(H,36,39);3-6,8-9,11-13,15,17,23H,1-2,7,10,14,16,33H2,(H,36,39)(H,35,37,40);3-4,6-7,9-11,14,19,28H,1-2,5,8,12-13,26H2,(H,29,30);6H,4-5H2,1-3H3,(H,14,15);1,3H;1H;/q;;;;;;+1/p-1/t25-,31?,43-;23-,28?;19-,22?;6-;;;/m1111.../s1. The zero-order valence-electron chi connectivity index (χ0n) is 76.5. The first-order valence-corrected chi connectivity index (χ1v) is 44.9. The molecule has 8 heterocycles. The number of carbonyl (C=O) groups excluding carboxylic acids is 7. The second-order valence-corrected chi connectivity index (χ2v) is 39.8. The van der Waals surface area contributed by atoms with Crippen LogP contribution in [0.25, 0.3) is 0 Å². The number of rotatable bonds is 26. The van der Waals surface area contributed by atoms with Gasteiger partial charge in [-0.2, -0.15) is 0 Å². The molecule has 14 rings (SSSR count). The van der Waals surface area contributed by atoms with Gasteiger partial charge in [0, 0.05) is 69.1 Å². The molecule has 44 heteroatoms. The number of nitrogens with one attached hydrogen (secondary N) is 6. The van der Waals surface area contributed by atoms with Gasteiger partial charge in [0.25, 0.3) is 30.2 Å². The molecule has 0 bridgehead atoms. The van der Waals surface area contributed by atoms with Gasteiger partial charge in [-0.15, -0.1) is 12.4 Å². The number of amides is 7. The Kier molecular flexibility index (Phi) is 38.0. The maximum absolute atomic E-state index is 15.3. The van der Waals surface area contributed by atoms with E-state index in [1.165, 1.54) is 67.6 Å². The molecule has 11 N–H and O–H groups in total. The van der Waals surface area contributed by atoms with Gasteiger partial charge in [0.15, 0.2) is 0 Å². The maximum atomic E-state index is 15.3. The van der Waals surface area contributed by atoms with Crippen molar-refractivity contribution < 1.29 is 145 Å². The molecule has 0 radical (unpaired) electrons. The molecule has 0 spiro atoms. The van der Waals surface area contributed by atoms with Crippen molar-refractivity contribution in [1.82, 2.24) is 44.7 Å². The van der Waals surface area contributed by atoms with Crippen LogP contribution in [0.3, 0.4) is 0 Å². The van der Waals surface area contributed by atoms with E-state index in [-0.39, 0.29) is 71.3 Å². The van der Waals surface area contributed by atoms with E-state index in [0.717, 1.165) is 61.6 Å². The van der Waals surface area contributed by atoms with E-state index >= 15 is 4.39 Å². The average Bonchev–Trinajstić information content (AvgIpc) is 1.56. The van der Waals surface area contributed by atoms with Gasteiger partial charge in [-0.1, -0.05) is 68.3 Å². The Bertz CT molecular complexity index is 5320. The second-order valence-electron chi connectivity index (χ2n) is 37.4. The largest absolute Gasteiger partial charge is 1.00 e. The fourth-order valence-corrected chi connectivity index (χ4v) is 16.6. The van der Waals surface area contributed by atoms with Crippen LogP contribution >= 0.6 is 24.0 Å². The van der Waals surface area contributed by atoms with Crippen molar-refractivity contribution in [2.75, 3.05) is 47.4 Å². The van der Waals surface area contributed by atoms with E-state index in [9.17, 15) is 81.7 Å². The average molecular weight is 1990 g/mol. The van der Waals surface area contributed by atoms with E-state index in [0.29, 0.717) is 73.4 Å². The maximum Gasteiger partial charge on any atom is 1.00 e. The van der Waals surface area contributed by atoms with E-state index in [2.05, 4.69) is 56.1 Å². The molecule has 7 aromatic rings. The molecule has 4 aromatic heterocycles. The zero-order chi connectivity index (χ0) is 98.5. The Morgan fingerprint density at radius 1 is 0.522 bits per heavy atom. The number of carbonyl (C=O) groups is 8. The Morgan fingerprint density at radius 2 is 0.890 bits per heavy atom. The number of carboxylic acids is 1. The van der Waals surface area contributed by atoms with Crippen molar-refractivity contribution in [3.63, 3.8) is 0 Å². The number of anilines is 4. The number of aliphatic carboxylic acids is 1. The van der Waals surface area contributed by atoms with E-state index in [1.807, 2.05) is 32.9 Å². The summed E-state index contributed by atoms with van der Waals surface area (Å²) in [5, 5.41) is 29.7. The molecule has 7 fully saturated rings. The van der Waals surface area contributed by atoms with Gasteiger partial charge in [0.2, 0.25) is 17.7 Å². The fraction of sp³-hybridized carbons (Fsp3) is 0.500. The molecule has 7 aliphatic rings. The summed E-state index contributed by atoms with van der Waals surface area (Å²) in [5.74, 6) is -17.2. The van der Waals surface area contributed by atoms with Gasteiger partial charge in [0.1, 0.15) is 52.6 Å². The van der Waals surface area contributed by atoms with Crippen LogP contribution in [0.5, 0.6) is 0 Å². The van der Waals surface area contributed by atoms with Gasteiger partial charge in [-0.25, -0.2) is 81.4 Å². The van der Waals surface area contributed by atoms with Crippen LogP contribution in [0.1, 0.15) is 198 Å². The molecule has 8 atom stereocenters. The molecular formula is C92H111Cl2F11N15NaO14S. The molecule has 136 heavy (non-hydrogen) atoms. The third kappa shape index (κ3) is 31.3. The number of carboxylic acid groups (broad SMARTS) is 1. The Balaban J connectivity index is 0.000000227. The Morgan fingerprint density at radius 3 is 1.26 bits per heavy atom. The number of halogens is 13. The minimum absolute atomic E-state index is 0. The smallest absolute Gasteiger partial charge is 0.662 e. The van der Waals surface area contributed by atoms with Crippen molar-refractivity contribution in [3.8, 4) is 0 Å². The van der Waals surface area contributed by atoms with Crippen LogP contribution in [-0.4, -0.2) is 182 Å². The predicted molar refractivity (Wildman–Crippen MR) is 480 cm³/mol. The van der Waals surface area contributed by atoms with Crippen LogP contribution in [-0.2, 0) is 65.9 Å².